The fourth-order valence-electron chi connectivity index (χ4n) is 0.789. The van der Waals surface area contributed by atoms with Gasteiger partial charge in [-0.05, 0) is 12.5 Å². The molecule has 1 heteroatoms. The van der Waals surface area contributed by atoms with Crippen molar-refractivity contribution in [3.8, 4) is 0 Å². The minimum Gasteiger partial charge on any atom is -0.325 e. The Labute approximate surface area is 69.0 Å². The Morgan fingerprint density at radius 2 is 1.82 bits per heavy atom. The van der Waals surface area contributed by atoms with Crippen LogP contribution in [0.4, 0.5) is 0 Å². The predicted molar refractivity (Wildman–Crippen MR) is 50.8 cm³/mol. The number of allylic oxidation sites excluding steroid dienone is 2. The molecule has 1 nitrogen and oxygen atoms in total. The lowest BCUT2D eigenvalue weighted by molar-refractivity contribution is 0.652. The molecule has 0 rings (SSSR count). The Morgan fingerprint density at radius 1 is 1.27 bits per heavy atom. The van der Waals surface area contributed by atoms with Gasteiger partial charge in [0.2, 0.25) is 0 Å². The third kappa shape index (κ3) is 2.89. The van der Waals surface area contributed by atoms with Gasteiger partial charge in [-0.3, -0.25) is 0 Å². The van der Waals surface area contributed by atoms with E-state index in [-0.39, 0.29) is 0 Å². The molecule has 0 aliphatic heterocycles. The molecule has 0 amide bonds. The SMILES string of the molecule is C=C/C(=C/CC)N(C=C)C=C. The van der Waals surface area contributed by atoms with Crippen molar-refractivity contribution in [2.75, 3.05) is 0 Å². The van der Waals surface area contributed by atoms with Gasteiger partial charge >= 0.3 is 0 Å². The lowest BCUT2D eigenvalue weighted by atomic mass is 10.3. The third-order valence-corrected chi connectivity index (χ3v) is 1.31. The first-order valence-corrected chi connectivity index (χ1v) is 3.66. The molecule has 0 aromatic carbocycles. The molecule has 0 saturated carbocycles. The van der Waals surface area contributed by atoms with Gasteiger partial charge in [-0.25, -0.2) is 0 Å². The number of hydrogen-bond acceptors (Lipinski definition) is 1. The highest BCUT2D eigenvalue weighted by Gasteiger charge is 1.94. The van der Waals surface area contributed by atoms with E-state index >= 15 is 0 Å². The topological polar surface area (TPSA) is 3.24 Å². The molecule has 0 aromatic rings. The van der Waals surface area contributed by atoms with E-state index in [2.05, 4.69) is 32.7 Å². The fraction of sp³-hybridized carbons (Fsp3) is 0.200. The van der Waals surface area contributed by atoms with Crippen molar-refractivity contribution in [1.29, 1.82) is 0 Å². The second kappa shape index (κ2) is 5.54. The average molecular weight is 149 g/mol. The van der Waals surface area contributed by atoms with E-state index in [1.807, 2.05) is 4.90 Å². The van der Waals surface area contributed by atoms with E-state index < -0.39 is 0 Å². The van der Waals surface area contributed by atoms with Crippen molar-refractivity contribution in [1.82, 2.24) is 4.90 Å². The summed E-state index contributed by atoms with van der Waals surface area (Å²) in [6.45, 7) is 13.1. The first-order chi connectivity index (χ1) is 5.29. The van der Waals surface area contributed by atoms with E-state index in [1.165, 1.54) is 0 Å². The van der Waals surface area contributed by atoms with E-state index in [4.69, 9.17) is 0 Å². The molecule has 0 radical (unpaired) electrons. The zero-order chi connectivity index (χ0) is 8.69. The van der Waals surface area contributed by atoms with Crippen LogP contribution >= 0.6 is 0 Å². The van der Waals surface area contributed by atoms with Gasteiger partial charge in [0, 0.05) is 18.1 Å². The summed E-state index contributed by atoms with van der Waals surface area (Å²) in [6, 6.07) is 0. The van der Waals surface area contributed by atoms with Crippen LogP contribution in [0.3, 0.4) is 0 Å². The molecule has 11 heavy (non-hydrogen) atoms. The van der Waals surface area contributed by atoms with Crippen molar-refractivity contribution in [2.45, 2.75) is 13.3 Å². The highest BCUT2D eigenvalue weighted by molar-refractivity contribution is 5.19. The fourth-order valence-corrected chi connectivity index (χ4v) is 0.789. The number of rotatable bonds is 5. The van der Waals surface area contributed by atoms with Gasteiger partial charge in [-0.2, -0.15) is 0 Å². The second-order valence-electron chi connectivity index (χ2n) is 2.01. The first kappa shape index (κ1) is 9.76. The maximum atomic E-state index is 3.69. The van der Waals surface area contributed by atoms with Crippen molar-refractivity contribution in [2.24, 2.45) is 0 Å². The van der Waals surface area contributed by atoms with Crippen LogP contribution in [-0.2, 0) is 0 Å². The van der Waals surface area contributed by atoms with Crippen molar-refractivity contribution < 1.29 is 0 Å². The smallest absolute Gasteiger partial charge is 0.0402 e. The summed E-state index contributed by atoms with van der Waals surface area (Å²) in [7, 11) is 0. The largest absolute Gasteiger partial charge is 0.325 e. The zero-order valence-electron chi connectivity index (χ0n) is 7.09. The lowest BCUT2D eigenvalue weighted by Gasteiger charge is -2.14. The van der Waals surface area contributed by atoms with Gasteiger partial charge in [-0.1, -0.05) is 32.7 Å². The van der Waals surface area contributed by atoms with Gasteiger partial charge < -0.3 is 4.90 Å². The zero-order valence-corrected chi connectivity index (χ0v) is 7.09. The second-order valence-corrected chi connectivity index (χ2v) is 2.01. The highest BCUT2D eigenvalue weighted by atomic mass is 15.1. The van der Waals surface area contributed by atoms with E-state index in [1.54, 1.807) is 18.5 Å². The highest BCUT2D eigenvalue weighted by Crippen LogP contribution is 2.06. The van der Waals surface area contributed by atoms with Crippen LogP contribution in [0.15, 0.2) is 50.0 Å². The monoisotopic (exact) mass is 149 g/mol. The van der Waals surface area contributed by atoms with Crippen molar-refractivity contribution in [3.63, 3.8) is 0 Å². The summed E-state index contributed by atoms with van der Waals surface area (Å²) in [5.41, 5.74) is 1.03. The minimum atomic E-state index is 0.986. The van der Waals surface area contributed by atoms with E-state index in [0.29, 0.717) is 0 Å². The molecule has 0 bridgehead atoms. The van der Waals surface area contributed by atoms with Crippen LogP contribution in [-0.4, -0.2) is 4.90 Å². The van der Waals surface area contributed by atoms with Crippen LogP contribution in [0.5, 0.6) is 0 Å². The quantitative estimate of drug-likeness (QED) is 0.543. The Balaban J connectivity index is 4.44. The van der Waals surface area contributed by atoms with Crippen LogP contribution < -0.4 is 0 Å². The van der Waals surface area contributed by atoms with Crippen LogP contribution in [0.1, 0.15) is 13.3 Å². The van der Waals surface area contributed by atoms with Crippen LogP contribution in [0.2, 0.25) is 0 Å². The summed E-state index contributed by atoms with van der Waals surface area (Å²) in [5.74, 6) is 0. The molecule has 0 aliphatic carbocycles. The summed E-state index contributed by atoms with van der Waals surface area (Å²) < 4.78 is 0. The van der Waals surface area contributed by atoms with E-state index in [9.17, 15) is 0 Å². The van der Waals surface area contributed by atoms with Gasteiger partial charge in [-0.15, -0.1) is 0 Å². The molecule has 60 valence electrons. The minimum absolute atomic E-state index is 0.986. The molecule has 0 atom stereocenters. The first-order valence-electron chi connectivity index (χ1n) is 3.66. The molecule has 0 fully saturated rings. The van der Waals surface area contributed by atoms with Gasteiger partial charge in [0.05, 0.1) is 0 Å². The predicted octanol–water partition coefficient (Wildman–Crippen LogP) is 3.06. The lowest BCUT2D eigenvalue weighted by Crippen LogP contribution is -2.05. The summed E-state index contributed by atoms with van der Waals surface area (Å²) in [4.78, 5) is 1.83. The van der Waals surface area contributed by atoms with Crippen LogP contribution in [0, 0.1) is 0 Å². The summed E-state index contributed by atoms with van der Waals surface area (Å²) in [5, 5.41) is 0. The Morgan fingerprint density at radius 3 is 2.09 bits per heavy atom. The van der Waals surface area contributed by atoms with E-state index in [0.717, 1.165) is 12.1 Å². The molecule has 0 aliphatic rings. The molecule has 0 heterocycles. The molecule has 0 saturated heterocycles. The maximum absolute atomic E-state index is 3.69. The molecule has 0 unspecified atom stereocenters. The normalized spacial score (nSPS) is 10.5. The van der Waals surface area contributed by atoms with Gasteiger partial charge in [0.1, 0.15) is 0 Å². The number of nitrogens with zero attached hydrogens (tertiary/aromatic N) is 1. The summed E-state index contributed by atoms with van der Waals surface area (Å²) in [6.07, 6.45) is 8.25. The average Bonchev–Trinajstić information content (AvgIpc) is 2.05. The standard InChI is InChI=1S/C10H15N/c1-5-9-10(6-2)11(7-3)8-4/h6-9H,2-5H2,1H3/b10-9-. The molecule has 0 spiro atoms. The third-order valence-electron chi connectivity index (χ3n) is 1.31. The molecule has 0 N–H and O–H groups in total. The summed E-state index contributed by atoms with van der Waals surface area (Å²) >= 11 is 0. The van der Waals surface area contributed by atoms with Crippen molar-refractivity contribution in [3.05, 3.63) is 50.0 Å². The molecular formula is C10H15N. The Hall–Kier alpha value is -1.24. The maximum Gasteiger partial charge on any atom is 0.0402 e. The Kier molecular flexibility index (Phi) is 4.91. The van der Waals surface area contributed by atoms with Crippen LogP contribution in [0.25, 0.3) is 0 Å². The van der Waals surface area contributed by atoms with Crippen molar-refractivity contribution >= 4 is 0 Å². The van der Waals surface area contributed by atoms with Gasteiger partial charge in [0.15, 0.2) is 0 Å². The Bertz CT molecular complexity index is 169. The molecule has 0 aromatic heterocycles. The van der Waals surface area contributed by atoms with Gasteiger partial charge in [0.25, 0.3) is 0 Å². The molecular weight excluding hydrogens is 134 g/mol. The number of hydrogen-bond donors (Lipinski definition) is 0.